The summed E-state index contributed by atoms with van der Waals surface area (Å²) in [7, 11) is 1.53. The number of nitrogens with zero attached hydrogens (tertiary/aromatic N) is 3. The Kier molecular flexibility index (Phi) is 6.40. The number of anilines is 3. The summed E-state index contributed by atoms with van der Waals surface area (Å²) in [6.45, 7) is 2.90. The highest BCUT2D eigenvalue weighted by molar-refractivity contribution is 5.82. The molecule has 0 saturated carbocycles. The van der Waals surface area contributed by atoms with Crippen LogP contribution in [0, 0.1) is 0 Å². The Balaban J connectivity index is 1.57. The van der Waals surface area contributed by atoms with E-state index in [0.717, 1.165) is 41.9 Å². The molecule has 2 aromatic carbocycles. The normalized spacial score (nSPS) is 13.7. The fourth-order valence-corrected chi connectivity index (χ4v) is 3.60. The third-order valence-corrected chi connectivity index (χ3v) is 5.17. The SMILES string of the molecule is COc1ccc(-c2ccnc(Nc3ccc(N4CCOCC4)c(CO)c3)n2)cc1C=O. The highest BCUT2D eigenvalue weighted by Gasteiger charge is 2.15. The molecule has 2 heterocycles. The maximum absolute atomic E-state index is 11.3. The van der Waals surface area contributed by atoms with Crippen molar-refractivity contribution in [1.29, 1.82) is 0 Å². The second kappa shape index (κ2) is 9.55. The second-order valence-corrected chi connectivity index (χ2v) is 7.07. The molecule has 31 heavy (non-hydrogen) atoms. The van der Waals surface area contributed by atoms with Crippen LogP contribution in [-0.4, -0.2) is 54.8 Å². The summed E-state index contributed by atoms with van der Waals surface area (Å²) in [6, 6.07) is 12.9. The maximum atomic E-state index is 11.3. The predicted octanol–water partition coefficient (Wildman–Crippen LogP) is 3.04. The van der Waals surface area contributed by atoms with Crippen LogP contribution in [0.2, 0.25) is 0 Å². The lowest BCUT2D eigenvalue weighted by molar-refractivity contribution is 0.112. The van der Waals surface area contributed by atoms with Crippen LogP contribution in [0.1, 0.15) is 15.9 Å². The van der Waals surface area contributed by atoms with E-state index in [9.17, 15) is 9.90 Å². The molecule has 160 valence electrons. The van der Waals surface area contributed by atoms with Crippen LogP contribution in [-0.2, 0) is 11.3 Å². The minimum Gasteiger partial charge on any atom is -0.496 e. The van der Waals surface area contributed by atoms with Crippen LogP contribution in [0.5, 0.6) is 5.75 Å². The van der Waals surface area contributed by atoms with Gasteiger partial charge in [0, 0.05) is 41.8 Å². The van der Waals surface area contributed by atoms with Crippen molar-refractivity contribution >= 4 is 23.6 Å². The van der Waals surface area contributed by atoms with Crippen LogP contribution < -0.4 is 15.0 Å². The molecule has 0 spiro atoms. The summed E-state index contributed by atoms with van der Waals surface area (Å²) in [5.74, 6) is 0.937. The summed E-state index contributed by atoms with van der Waals surface area (Å²) in [5, 5.41) is 13.1. The van der Waals surface area contributed by atoms with E-state index in [1.807, 2.05) is 24.3 Å². The van der Waals surface area contributed by atoms with E-state index in [0.29, 0.717) is 36.2 Å². The summed E-state index contributed by atoms with van der Waals surface area (Å²) in [4.78, 5) is 22.4. The monoisotopic (exact) mass is 420 g/mol. The molecule has 1 saturated heterocycles. The van der Waals surface area contributed by atoms with Gasteiger partial charge in [-0.3, -0.25) is 4.79 Å². The van der Waals surface area contributed by atoms with Crippen molar-refractivity contribution in [2.24, 2.45) is 0 Å². The molecule has 0 aliphatic carbocycles. The minimum atomic E-state index is -0.0660. The molecule has 0 bridgehead atoms. The number of hydrogen-bond donors (Lipinski definition) is 2. The van der Waals surface area contributed by atoms with Gasteiger partial charge in [0.05, 0.1) is 38.2 Å². The van der Waals surface area contributed by atoms with Crippen LogP contribution in [0.15, 0.2) is 48.7 Å². The molecule has 0 amide bonds. The number of aromatic nitrogens is 2. The van der Waals surface area contributed by atoms with Gasteiger partial charge in [-0.15, -0.1) is 0 Å². The molecule has 3 aromatic rings. The zero-order valence-electron chi connectivity index (χ0n) is 17.2. The lowest BCUT2D eigenvalue weighted by atomic mass is 10.1. The highest BCUT2D eigenvalue weighted by atomic mass is 16.5. The first-order valence-corrected chi connectivity index (χ1v) is 10.0. The number of nitrogens with one attached hydrogen (secondary N) is 1. The zero-order chi connectivity index (χ0) is 21.6. The maximum Gasteiger partial charge on any atom is 0.227 e. The van der Waals surface area contributed by atoms with Crippen molar-refractivity contribution in [1.82, 2.24) is 9.97 Å². The summed E-state index contributed by atoms with van der Waals surface area (Å²) < 4.78 is 10.6. The van der Waals surface area contributed by atoms with Gasteiger partial charge < -0.3 is 24.8 Å². The van der Waals surface area contributed by atoms with E-state index >= 15 is 0 Å². The van der Waals surface area contributed by atoms with Gasteiger partial charge >= 0.3 is 0 Å². The van der Waals surface area contributed by atoms with Gasteiger partial charge in [-0.05, 0) is 42.5 Å². The second-order valence-electron chi connectivity index (χ2n) is 7.07. The molecule has 2 N–H and O–H groups in total. The van der Waals surface area contributed by atoms with Crippen LogP contribution >= 0.6 is 0 Å². The standard InChI is InChI=1S/C23H24N4O4/c1-30-22-5-2-16(12-18(22)15-29)20-6-7-24-23(26-20)25-19-3-4-21(17(13-19)14-28)27-8-10-31-11-9-27/h2-7,12-13,15,28H,8-11,14H2,1H3,(H,24,25,26). The average molecular weight is 420 g/mol. The smallest absolute Gasteiger partial charge is 0.227 e. The van der Waals surface area contributed by atoms with E-state index in [2.05, 4.69) is 20.2 Å². The molecule has 1 aliphatic rings. The third kappa shape index (κ3) is 4.65. The molecule has 1 fully saturated rings. The van der Waals surface area contributed by atoms with E-state index < -0.39 is 0 Å². The fourth-order valence-electron chi connectivity index (χ4n) is 3.60. The number of rotatable bonds is 7. The zero-order valence-corrected chi connectivity index (χ0v) is 17.2. The first-order chi connectivity index (χ1) is 15.2. The fraction of sp³-hybridized carbons (Fsp3) is 0.261. The number of hydrogen-bond acceptors (Lipinski definition) is 8. The molecule has 0 unspecified atom stereocenters. The van der Waals surface area contributed by atoms with Gasteiger partial charge in [0.2, 0.25) is 5.95 Å². The molecular formula is C23H24N4O4. The number of aliphatic hydroxyl groups is 1. The molecule has 1 aromatic heterocycles. The summed E-state index contributed by atoms with van der Waals surface area (Å²) in [6.07, 6.45) is 2.42. The molecule has 8 nitrogen and oxygen atoms in total. The van der Waals surface area contributed by atoms with Gasteiger partial charge in [0.1, 0.15) is 5.75 Å². The molecular weight excluding hydrogens is 396 g/mol. The first-order valence-electron chi connectivity index (χ1n) is 10.0. The van der Waals surface area contributed by atoms with Gasteiger partial charge in [0.25, 0.3) is 0 Å². The molecule has 1 aliphatic heterocycles. The Morgan fingerprint density at radius 2 is 2.03 bits per heavy atom. The lowest BCUT2D eigenvalue weighted by Crippen LogP contribution is -2.36. The largest absolute Gasteiger partial charge is 0.496 e. The van der Waals surface area contributed by atoms with Crippen molar-refractivity contribution < 1.29 is 19.4 Å². The van der Waals surface area contributed by atoms with Crippen LogP contribution in [0.25, 0.3) is 11.3 Å². The molecule has 0 radical (unpaired) electrons. The number of ether oxygens (including phenoxy) is 2. The Labute approximate surface area is 180 Å². The number of aldehydes is 1. The van der Waals surface area contributed by atoms with E-state index in [-0.39, 0.29) is 6.61 Å². The summed E-state index contributed by atoms with van der Waals surface area (Å²) in [5.41, 5.74) is 4.53. The van der Waals surface area contributed by atoms with Crippen molar-refractivity contribution in [3.05, 3.63) is 59.8 Å². The molecule has 0 atom stereocenters. The van der Waals surface area contributed by atoms with Crippen molar-refractivity contribution in [2.75, 3.05) is 43.6 Å². The Morgan fingerprint density at radius 1 is 1.19 bits per heavy atom. The van der Waals surface area contributed by atoms with Gasteiger partial charge in [0.15, 0.2) is 6.29 Å². The van der Waals surface area contributed by atoms with E-state index in [1.165, 1.54) is 7.11 Å². The molecule has 4 rings (SSSR count). The van der Waals surface area contributed by atoms with Crippen molar-refractivity contribution in [3.63, 3.8) is 0 Å². The van der Waals surface area contributed by atoms with Gasteiger partial charge in [-0.1, -0.05) is 0 Å². The van der Waals surface area contributed by atoms with Crippen molar-refractivity contribution in [3.8, 4) is 17.0 Å². The average Bonchev–Trinajstić information content (AvgIpc) is 2.84. The van der Waals surface area contributed by atoms with Crippen molar-refractivity contribution in [2.45, 2.75) is 6.61 Å². The van der Waals surface area contributed by atoms with Crippen LogP contribution in [0.3, 0.4) is 0 Å². The third-order valence-electron chi connectivity index (χ3n) is 5.17. The number of morpholine rings is 1. The predicted molar refractivity (Wildman–Crippen MR) is 118 cm³/mol. The van der Waals surface area contributed by atoms with Crippen LogP contribution in [0.4, 0.5) is 17.3 Å². The Bertz CT molecular complexity index is 1070. The number of aliphatic hydroxyl groups excluding tert-OH is 1. The van der Waals surface area contributed by atoms with E-state index in [1.54, 1.807) is 24.4 Å². The highest BCUT2D eigenvalue weighted by Crippen LogP contribution is 2.28. The summed E-state index contributed by atoms with van der Waals surface area (Å²) >= 11 is 0. The lowest BCUT2D eigenvalue weighted by Gasteiger charge is -2.30. The first kappa shape index (κ1) is 20.8. The Hall–Kier alpha value is -3.49. The number of carbonyl (C=O) groups is 1. The van der Waals surface area contributed by atoms with Gasteiger partial charge in [-0.2, -0.15) is 0 Å². The van der Waals surface area contributed by atoms with Gasteiger partial charge in [-0.25, -0.2) is 9.97 Å². The topological polar surface area (TPSA) is 96.8 Å². The minimum absolute atomic E-state index is 0.0660. The number of methoxy groups -OCH3 is 1. The van der Waals surface area contributed by atoms with E-state index in [4.69, 9.17) is 9.47 Å². The molecule has 8 heteroatoms. The number of carbonyl (C=O) groups excluding carboxylic acids is 1. The number of benzene rings is 2. The quantitative estimate of drug-likeness (QED) is 0.563. The Morgan fingerprint density at radius 3 is 2.77 bits per heavy atom.